The monoisotopic (exact) mass is 467 g/mol. The van der Waals surface area contributed by atoms with Crippen LogP contribution in [0.15, 0.2) is 77.7 Å². The van der Waals surface area contributed by atoms with Gasteiger partial charge in [-0.2, -0.15) is 0 Å². The molecule has 7 heteroatoms. The highest BCUT2D eigenvalue weighted by atomic mass is 79.9. The van der Waals surface area contributed by atoms with Gasteiger partial charge in [-0.05, 0) is 53.6 Å². The zero-order valence-corrected chi connectivity index (χ0v) is 18.0. The van der Waals surface area contributed by atoms with E-state index in [1.165, 1.54) is 6.26 Å². The van der Waals surface area contributed by atoms with Gasteiger partial charge in [-0.3, -0.25) is 9.97 Å². The number of nitrogens with zero attached hydrogens (tertiary/aromatic N) is 2. The van der Waals surface area contributed by atoms with Crippen molar-refractivity contribution in [2.45, 2.75) is 5.75 Å². The molecule has 0 saturated carbocycles. The maximum atomic E-state index is 11.6. The van der Waals surface area contributed by atoms with Crippen LogP contribution in [0.25, 0.3) is 22.0 Å². The van der Waals surface area contributed by atoms with E-state index in [0.717, 1.165) is 37.9 Å². The number of aromatic nitrogens is 2. The molecule has 0 amide bonds. The van der Waals surface area contributed by atoms with Crippen LogP contribution in [-0.2, 0) is 15.6 Å². The molecule has 0 bridgehead atoms. The van der Waals surface area contributed by atoms with Crippen molar-refractivity contribution >= 4 is 48.0 Å². The van der Waals surface area contributed by atoms with Gasteiger partial charge in [-0.1, -0.05) is 28.1 Å². The average Bonchev–Trinajstić information content (AvgIpc) is 2.67. The zero-order valence-electron chi connectivity index (χ0n) is 15.6. The lowest BCUT2D eigenvalue weighted by atomic mass is 10.0. The molecule has 2 aromatic heterocycles. The van der Waals surface area contributed by atoms with Gasteiger partial charge in [-0.15, -0.1) is 0 Å². The van der Waals surface area contributed by atoms with Crippen LogP contribution >= 0.6 is 15.9 Å². The van der Waals surface area contributed by atoms with Crippen molar-refractivity contribution in [1.82, 2.24) is 9.97 Å². The van der Waals surface area contributed by atoms with Crippen LogP contribution in [-0.4, -0.2) is 24.6 Å². The molecule has 146 valence electrons. The number of halogens is 1. The van der Waals surface area contributed by atoms with Gasteiger partial charge < -0.3 is 5.32 Å². The lowest BCUT2D eigenvalue weighted by Gasteiger charge is -2.11. The van der Waals surface area contributed by atoms with E-state index in [1.54, 1.807) is 18.6 Å². The van der Waals surface area contributed by atoms with Crippen molar-refractivity contribution in [3.05, 3.63) is 83.2 Å². The number of benzene rings is 2. The topological polar surface area (TPSA) is 72.0 Å². The molecule has 0 unspecified atom stereocenters. The molecule has 2 aromatic carbocycles. The minimum absolute atomic E-state index is 0.0291. The Kier molecular flexibility index (Phi) is 5.34. The van der Waals surface area contributed by atoms with Crippen molar-refractivity contribution in [2.75, 3.05) is 11.6 Å². The van der Waals surface area contributed by atoms with Crippen molar-refractivity contribution in [2.24, 2.45) is 0 Å². The van der Waals surface area contributed by atoms with E-state index in [0.29, 0.717) is 5.56 Å². The Balaban J connectivity index is 1.75. The first-order valence-electron chi connectivity index (χ1n) is 8.91. The molecule has 0 fully saturated rings. The van der Waals surface area contributed by atoms with Crippen LogP contribution in [0.4, 0.5) is 11.4 Å². The molecule has 2 heterocycles. The van der Waals surface area contributed by atoms with Gasteiger partial charge in [0.25, 0.3) is 0 Å². The van der Waals surface area contributed by atoms with Crippen LogP contribution in [0.2, 0.25) is 0 Å². The highest BCUT2D eigenvalue weighted by molar-refractivity contribution is 9.10. The Morgan fingerprint density at radius 3 is 2.66 bits per heavy atom. The Morgan fingerprint density at radius 2 is 1.86 bits per heavy atom. The van der Waals surface area contributed by atoms with Gasteiger partial charge in [0.15, 0.2) is 9.84 Å². The van der Waals surface area contributed by atoms with Crippen LogP contribution in [0.3, 0.4) is 0 Å². The van der Waals surface area contributed by atoms with Gasteiger partial charge in [0.2, 0.25) is 0 Å². The molecule has 4 rings (SSSR count). The first kappa shape index (κ1) is 19.5. The number of fused-ring (bicyclic) bond motifs is 1. The van der Waals surface area contributed by atoms with Gasteiger partial charge in [-0.25, -0.2) is 8.42 Å². The second kappa shape index (κ2) is 7.93. The van der Waals surface area contributed by atoms with E-state index in [1.807, 2.05) is 54.6 Å². The van der Waals surface area contributed by atoms with Gasteiger partial charge in [0, 0.05) is 51.6 Å². The molecule has 4 aromatic rings. The lowest BCUT2D eigenvalue weighted by molar-refractivity contribution is 0.601. The van der Waals surface area contributed by atoms with Crippen molar-refractivity contribution in [3.8, 4) is 11.1 Å². The molecule has 0 spiro atoms. The fraction of sp³-hybridized carbons (Fsp3) is 0.0909. The molecule has 29 heavy (non-hydrogen) atoms. The molecule has 0 atom stereocenters. The Bertz CT molecular complexity index is 1310. The third-order valence-corrected chi connectivity index (χ3v) is 5.75. The number of pyridine rings is 2. The molecule has 0 aliphatic carbocycles. The van der Waals surface area contributed by atoms with Crippen LogP contribution < -0.4 is 5.32 Å². The largest absolute Gasteiger partial charge is 0.355 e. The van der Waals surface area contributed by atoms with E-state index in [2.05, 4.69) is 31.2 Å². The number of anilines is 2. The smallest absolute Gasteiger partial charge is 0.151 e. The maximum Gasteiger partial charge on any atom is 0.151 e. The first-order chi connectivity index (χ1) is 13.9. The average molecular weight is 468 g/mol. The Morgan fingerprint density at radius 1 is 1.00 bits per heavy atom. The fourth-order valence-corrected chi connectivity index (χ4v) is 4.35. The van der Waals surface area contributed by atoms with Crippen molar-refractivity contribution < 1.29 is 8.42 Å². The molecule has 1 N–H and O–H groups in total. The molecular weight excluding hydrogens is 450 g/mol. The first-order valence-corrected chi connectivity index (χ1v) is 11.8. The summed E-state index contributed by atoms with van der Waals surface area (Å²) in [6, 6.07) is 17.7. The summed E-state index contributed by atoms with van der Waals surface area (Å²) in [4.78, 5) is 8.68. The van der Waals surface area contributed by atoms with E-state index in [4.69, 9.17) is 0 Å². The minimum atomic E-state index is -3.12. The summed E-state index contributed by atoms with van der Waals surface area (Å²) in [5.74, 6) is -0.0291. The van der Waals surface area contributed by atoms with Crippen LogP contribution in [0.5, 0.6) is 0 Å². The molecule has 0 aliphatic rings. The quantitative estimate of drug-likeness (QED) is 0.428. The lowest BCUT2D eigenvalue weighted by Crippen LogP contribution is -2.01. The van der Waals surface area contributed by atoms with E-state index in [-0.39, 0.29) is 5.75 Å². The maximum absolute atomic E-state index is 11.6. The highest BCUT2D eigenvalue weighted by Crippen LogP contribution is 2.30. The van der Waals surface area contributed by atoms with E-state index >= 15 is 0 Å². The number of nitrogens with one attached hydrogen (secondary N) is 1. The van der Waals surface area contributed by atoms with Gasteiger partial charge in [0.05, 0.1) is 11.3 Å². The standard InChI is InChI=1S/C22H18BrN3O2S/c1-29(27,28)14-15-9-17(13-24-12-15)16-5-6-21-20(10-16)22(7-8-25-21)26-19-4-2-3-18(23)11-19/h2-13H,14H2,1H3,(H,25,26). The van der Waals surface area contributed by atoms with Gasteiger partial charge in [0.1, 0.15) is 0 Å². The second-order valence-electron chi connectivity index (χ2n) is 6.88. The highest BCUT2D eigenvalue weighted by Gasteiger charge is 2.09. The summed E-state index contributed by atoms with van der Waals surface area (Å²) in [5.41, 5.74) is 5.26. The fourth-order valence-electron chi connectivity index (χ4n) is 3.18. The number of sulfone groups is 1. The normalized spacial score (nSPS) is 11.5. The summed E-state index contributed by atoms with van der Waals surface area (Å²) >= 11 is 3.49. The van der Waals surface area contributed by atoms with Gasteiger partial charge >= 0.3 is 0 Å². The minimum Gasteiger partial charge on any atom is -0.355 e. The van der Waals surface area contributed by atoms with Crippen molar-refractivity contribution in [3.63, 3.8) is 0 Å². The summed E-state index contributed by atoms with van der Waals surface area (Å²) in [5, 5.41) is 4.41. The SMILES string of the molecule is CS(=O)(=O)Cc1cncc(-c2ccc3nccc(Nc4cccc(Br)c4)c3c2)c1. The Labute approximate surface area is 177 Å². The summed E-state index contributed by atoms with van der Waals surface area (Å²) in [6.07, 6.45) is 6.33. The third-order valence-electron chi connectivity index (χ3n) is 4.40. The molecular formula is C22H18BrN3O2S. The predicted octanol–water partition coefficient (Wildman–Crippen LogP) is 5.35. The summed E-state index contributed by atoms with van der Waals surface area (Å²) < 4.78 is 24.2. The third kappa shape index (κ3) is 4.81. The molecule has 5 nitrogen and oxygen atoms in total. The molecule has 0 aliphatic heterocycles. The molecule has 0 saturated heterocycles. The predicted molar refractivity (Wildman–Crippen MR) is 121 cm³/mol. The molecule has 0 radical (unpaired) electrons. The van der Waals surface area contributed by atoms with E-state index in [9.17, 15) is 8.42 Å². The number of hydrogen-bond acceptors (Lipinski definition) is 5. The number of rotatable bonds is 5. The van der Waals surface area contributed by atoms with Crippen LogP contribution in [0.1, 0.15) is 5.56 Å². The van der Waals surface area contributed by atoms with Crippen LogP contribution in [0, 0.1) is 0 Å². The second-order valence-corrected chi connectivity index (χ2v) is 9.93. The van der Waals surface area contributed by atoms with Crippen molar-refractivity contribution in [1.29, 1.82) is 0 Å². The summed E-state index contributed by atoms with van der Waals surface area (Å²) in [7, 11) is -3.12. The Hall–Kier alpha value is -2.77. The summed E-state index contributed by atoms with van der Waals surface area (Å²) in [6.45, 7) is 0. The van der Waals surface area contributed by atoms with E-state index < -0.39 is 9.84 Å². The number of hydrogen-bond donors (Lipinski definition) is 1. The zero-order chi connectivity index (χ0) is 20.4.